The van der Waals surface area contributed by atoms with Crippen LogP contribution < -0.4 is 14.8 Å². The molecule has 1 aliphatic carbocycles. The van der Waals surface area contributed by atoms with Gasteiger partial charge in [-0.2, -0.15) is 0 Å². The fourth-order valence-corrected chi connectivity index (χ4v) is 3.75. The van der Waals surface area contributed by atoms with Crippen LogP contribution in [0.3, 0.4) is 0 Å². The van der Waals surface area contributed by atoms with E-state index in [1.165, 1.54) is 0 Å². The fraction of sp³-hybridized carbons (Fsp3) is 0.261. The summed E-state index contributed by atoms with van der Waals surface area (Å²) in [5.41, 5.74) is 4.15. The van der Waals surface area contributed by atoms with E-state index < -0.39 is 0 Å². The molecule has 0 bridgehead atoms. The van der Waals surface area contributed by atoms with E-state index in [-0.39, 0.29) is 11.7 Å². The van der Waals surface area contributed by atoms with Crippen molar-refractivity contribution in [2.75, 3.05) is 19.5 Å². The second-order valence-electron chi connectivity index (χ2n) is 7.11. The average Bonchev–Trinajstić information content (AvgIpc) is 2.73. The van der Waals surface area contributed by atoms with Crippen LogP contribution in [0.15, 0.2) is 48.5 Å². The molecule has 6 heteroatoms. The van der Waals surface area contributed by atoms with E-state index >= 15 is 0 Å². The molecule has 29 heavy (non-hydrogen) atoms. The van der Waals surface area contributed by atoms with Crippen LogP contribution in [0.2, 0.25) is 0 Å². The van der Waals surface area contributed by atoms with Crippen LogP contribution in [0.4, 0.5) is 11.6 Å². The highest BCUT2D eigenvalue weighted by Crippen LogP contribution is 2.34. The van der Waals surface area contributed by atoms with Gasteiger partial charge < -0.3 is 14.8 Å². The first kappa shape index (κ1) is 18.9. The summed E-state index contributed by atoms with van der Waals surface area (Å²) in [6.07, 6.45) is 1.17. The van der Waals surface area contributed by atoms with Gasteiger partial charge >= 0.3 is 0 Å². The summed E-state index contributed by atoms with van der Waals surface area (Å²) in [5, 5.41) is 3.23. The van der Waals surface area contributed by atoms with Gasteiger partial charge in [-0.1, -0.05) is 12.1 Å². The van der Waals surface area contributed by atoms with Crippen molar-refractivity contribution >= 4 is 17.4 Å². The van der Waals surface area contributed by atoms with Gasteiger partial charge in [-0.25, -0.2) is 9.97 Å². The number of carbonyl (C=O) groups is 1. The van der Waals surface area contributed by atoms with Gasteiger partial charge in [0.25, 0.3) is 0 Å². The largest absolute Gasteiger partial charge is 0.497 e. The highest BCUT2D eigenvalue weighted by atomic mass is 16.5. The molecule has 148 valence electrons. The number of rotatable bonds is 5. The molecular formula is C23H23N3O3. The summed E-state index contributed by atoms with van der Waals surface area (Å²) in [4.78, 5) is 22.0. The molecule has 1 unspecified atom stereocenters. The molecule has 0 aliphatic heterocycles. The first-order valence-corrected chi connectivity index (χ1v) is 9.53. The minimum absolute atomic E-state index is 0.0977. The molecule has 6 nitrogen and oxygen atoms in total. The lowest BCUT2D eigenvalue weighted by Crippen LogP contribution is -2.22. The van der Waals surface area contributed by atoms with E-state index in [4.69, 9.17) is 9.47 Å². The standard InChI is InChI=1S/C23H23N3O3/c1-14-22-20(26-23(24-14)25-17-6-10-19(29-3)11-7-17)12-16(13-21(22)27)15-4-8-18(28-2)9-5-15/h4-11,16H,12-13H2,1-3H3,(H,24,25,26). The van der Waals surface area contributed by atoms with E-state index in [0.29, 0.717) is 30.0 Å². The quantitative estimate of drug-likeness (QED) is 0.695. The normalized spacial score (nSPS) is 15.6. The molecular weight excluding hydrogens is 366 g/mol. The monoisotopic (exact) mass is 389 g/mol. The van der Waals surface area contributed by atoms with Crippen molar-refractivity contribution in [3.8, 4) is 11.5 Å². The number of hydrogen-bond acceptors (Lipinski definition) is 6. The molecule has 0 saturated heterocycles. The minimum atomic E-state index is 0.0977. The second kappa shape index (κ2) is 7.91. The summed E-state index contributed by atoms with van der Waals surface area (Å²) in [6, 6.07) is 15.4. The number of benzene rings is 2. The third-order valence-electron chi connectivity index (χ3n) is 5.25. The van der Waals surface area contributed by atoms with Crippen LogP contribution in [0, 0.1) is 6.92 Å². The number of aromatic nitrogens is 2. The van der Waals surface area contributed by atoms with Gasteiger partial charge in [0.1, 0.15) is 11.5 Å². The zero-order valence-corrected chi connectivity index (χ0v) is 16.7. The van der Waals surface area contributed by atoms with Crippen molar-refractivity contribution < 1.29 is 14.3 Å². The van der Waals surface area contributed by atoms with Crippen LogP contribution in [0.5, 0.6) is 11.5 Å². The predicted octanol–water partition coefficient (Wildman–Crippen LogP) is 4.46. The molecule has 0 radical (unpaired) electrons. The number of methoxy groups -OCH3 is 2. The summed E-state index contributed by atoms with van der Waals surface area (Å²) < 4.78 is 10.4. The van der Waals surface area contributed by atoms with Gasteiger partial charge in [0.15, 0.2) is 5.78 Å². The zero-order chi connectivity index (χ0) is 20.4. The van der Waals surface area contributed by atoms with Crippen molar-refractivity contribution in [1.29, 1.82) is 0 Å². The van der Waals surface area contributed by atoms with Crippen LogP contribution in [0.25, 0.3) is 0 Å². The van der Waals surface area contributed by atoms with Gasteiger partial charge in [-0.3, -0.25) is 4.79 Å². The van der Waals surface area contributed by atoms with E-state index in [9.17, 15) is 4.79 Å². The maximum absolute atomic E-state index is 12.8. The summed E-state index contributed by atoms with van der Waals surface area (Å²) in [7, 11) is 3.28. The molecule has 3 aromatic rings. The number of fused-ring (bicyclic) bond motifs is 1. The van der Waals surface area contributed by atoms with Crippen LogP contribution >= 0.6 is 0 Å². The molecule has 0 saturated carbocycles. The number of hydrogen-bond donors (Lipinski definition) is 1. The molecule has 0 amide bonds. The highest BCUT2D eigenvalue weighted by molar-refractivity contribution is 5.99. The Balaban J connectivity index is 1.61. The summed E-state index contributed by atoms with van der Waals surface area (Å²) in [6.45, 7) is 1.87. The van der Waals surface area contributed by atoms with E-state index in [1.54, 1.807) is 14.2 Å². The van der Waals surface area contributed by atoms with E-state index in [0.717, 1.165) is 28.4 Å². The van der Waals surface area contributed by atoms with Gasteiger partial charge in [0.2, 0.25) is 5.95 Å². The molecule has 1 aromatic heterocycles. The van der Waals surface area contributed by atoms with Crippen molar-refractivity contribution in [3.05, 3.63) is 71.0 Å². The van der Waals surface area contributed by atoms with Gasteiger partial charge in [-0.15, -0.1) is 0 Å². The van der Waals surface area contributed by atoms with Crippen molar-refractivity contribution in [3.63, 3.8) is 0 Å². The maximum atomic E-state index is 12.8. The third kappa shape index (κ3) is 3.92. The van der Waals surface area contributed by atoms with Crippen molar-refractivity contribution in [2.45, 2.75) is 25.7 Å². The number of ketones is 1. The van der Waals surface area contributed by atoms with Crippen molar-refractivity contribution in [2.24, 2.45) is 0 Å². The van der Waals surface area contributed by atoms with E-state index in [1.807, 2.05) is 55.5 Å². The van der Waals surface area contributed by atoms with Gasteiger partial charge in [0, 0.05) is 12.1 Å². The van der Waals surface area contributed by atoms with Crippen molar-refractivity contribution in [1.82, 2.24) is 9.97 Å². The highest BCUT2D eigenvalue weighted by Gasteiger charge is 2.30. The molecule has 1 atom stereocenters. The van der Waals surface area contributed by atoms with Crippen LogP contribution in [-0.4, -0.2) is 30.0 Å². The first-order valence-electron chi connectivity index (χ1n) is 9.53. The lowest BCUT2D eigenvalue weighted by atomic mass is 9.81. The molecule has 2 aromatic carbocycles. The number of ether oxygens (including phenoxy) is 2. The van der Waals surface area contributed by atoms with Crippen LogP contribution in [-0.2, 0) is 6.42 Å². The number of aryl methyl sites for hydroxylation is 1. The molecule has 0 spiro atoms. The Hall–Kier alpha value is -3.41. The third-order valence-corrected chi connectivity index (χ3v) is 5.25. The zero-order valence-electron chi connectivity index (χ0n) is 16.7. The predicted molar refractivity (Wildman–Crippen MR) is 111 cm³/mol. The van der Waals surface area contributed by atoms with Gasteiger partial charge in [0.05, 0.1) is 31.2 Å². The number of Topliss-reactive ketones (excluding diaryl/α,β-unsaturated/α-hetero) is 1. The topological polar surface area (TPSA) is 73.3 Å². The Kier molecular flexibility index (Phi) is 5.16. The number of nitrogens with one attached hydrogen (secondary N) is 1. The Bertz CT molecular complexity index is 1030. The molecule has 0 fully saturated rings. The number of carbonyl (C=O) groups excluding carboxylic acids is 1. The smallest absolute Gasteiger partial charge is 0.227 e. The maximum Gasteiger partial charge on any atom is 0.227 e. The molecule has 1 N–H and O–H groups in total. The minimum Gasteiger partial charge on any atom is -0.497 e. The number of anilines is 2. The fourth-order valence-electron chi connectivity index (χ4n) is 3.75. The Morgan fingerprint density at radius 3 is 2.14 bits per heavy atom. The number of nitrogens with zero attached hydrogens (tertiary/aromatic N) is 2. The molecule has 1 heterocycles. The lowest BCUT2D eigenvalue weighted by Gasteiger charge is -2.24. The summed E-state index contributed by atoms with van der Waals surface area (Å²) in [5.74, 6) is 2.28. The SMILES string of the molecule is COc1ccc(Nc2nc(C)c3c(n2)CC(c2ccc(OC)cc2)CC3=O)cc1. The van der Waals surface area contributed by atoms with E-state index in [2.05, 4.69) is 15.3 Å². The first-order chi connectivity index (χ1) is 14.1. The lowest BCUT2D eigenvalue weighted by molar-refractivity contribution is 0.0962. The van der Waals surface area contributed by atoms with Gasteiger partial charge in [-0.05, 0) is 61.2 Å². The average molecular weight is 389 g/mol. The Morgan fingerprint density at radius 2 is 1.52 bits per heavy atom. The summed E-state index contributed by atoms with van der Waals surface area (Å²) >= 11 is 0. The van der Waals surface area contributed by atoms with Crippen LogP contribution in [0.1, 0.15) is 39.6 Å². The second-order valence-corrected chi connectivity index (χ2v) is 7.11. The molecule has 4 rings (SSSR count). The molecule has 1 aliphatic rings. The Labute approximate surface area is 169 Å². The Morgan fingerprint density at radius 1 is 0.897 bits per heavy atom.